The average Bonchev–Trinajstić information content (AvgIpc) is 2.36. The Morgan fingerprint density at radius 1 is 1.29 bits per heavy atom. The Kier molecular flexibility index (Phi) is 6.45. The molecule has 0 spiro atoms. The Bertz CT molecular complexity index is 330. The second-order valence-electron chi connectivity index (χ2n) is 4.05. The summed E-state index contributed by atoms with van der Waals surface area (Å²) in [4.78, 5) is 1.22. The Balaban J connectivity index is 2.68. The Hall–Kier alpha value is -0.670. The fraction of sp³-hybridized carbons (Fsp3) is 0.571. The van der Waals surface area contributed by atoms with Crippen LogP contribution in [-0.2, 0) is 0 Å². The standard InChI is InChI=1S/C14H23NOS/c1-5-12(15-6-2)11(3)17-14-10-8-7-9-13(14)16-4/h7-12,15H,5-6H2,1-4H3. The Morgan fingerprint density at radius 3 is 2.59 bits per heavy atom. The number of hydrogen-bond acceptors (Lipinski definition) is 3. The minimum atomic E-state index is 0.538. The highest BCUT2D eigenvalue weighted by molar-refractivity contribution is 8.00. The van der Waals surface area contributed by atoms with Gasteiger partial charge in [-0.2, -0.15) is 0 Å². The molecule has 0 aliphatic rings. The van der Waals surface area contributed by atoms with E-state index in [-0.39, 0.29) is 0 Å². The fourth-order valence-electron chi connectivity index (χ4n) is 1.90. The second-order valence-corrected chi connectivity index (χ2v) is 5.47. The van der Waals surface area contributed by atoms with Crippen LogP contribution in [0.25, 0.3) is 0 Å². The predicted octanol–water partition coefficient (Wildman–Crippen LogP) is 3.56. The summed E-state index contributed by atoms with van der Waals surface area (Å²) in [6.07, 6.45) is 1.15. The molecule has 0 aliphatic heterocycles. The number of methoxy groups -OCH3 is 1. The van der Waals surface area contributed by atoms with Gasteiger partial charge < -0.3 is 10.1 Å². The quantitative estimate of drug-likeness (QED) is 0.751. The summed E-state index contributed by atoms with van der Waals surface area (Å²) < 4.78 is 5.38. The van der Waals surface area contributed by atoms with Gasteiger partial charge in [0.25, 0.3) is 0 Å². The smallest absolute Gasteiger partial charge is 0.132 e. The maximum Gasteiger partial charge on any atom is 0.132 e. The lowest BCUT2D eigenvalue weighted by Gasteiger charge is -2.23. The lowest BCUT2D eigenvalue weighted by atomic mass is 10.2. The molecule has 0 amide bonds. The van der Waals surface area contributed by atoms with Gasteiger partial charge in [-0.3, -0.25) is 0 Å². The minimum Gasteiger partial charge on any atom is -0.496 e. The van der Waals surface area contributed by atoms with Crippen LogP contribution < -0.4 is 10.1 Å². The molecule has 17 heavy (non-hydrogen) atoms. The van der Waals surface area contributed by atoms with E-state index in [0.29, 0.717) is 11.3 Å². The Labute approximate surface area is 109 Å². The van der Waals surface area contributed by atoms with E-state index in [2.05, 4.69) is 38.2 Å². The fourth-order valence-corrected chi connectivity index (χ4v) is 3.18. The first kappa shape index (κ1) is 14.4. The first-order chi connectivity index (χ1) is 8.22. The van der Waals surface area contributed by atoms with Crippen LogP contribution in [0.5, 0.6) is 5.75 Å². The van der Waals surface area contributed by atoms with Crippen molar-refractivity contribution in [1.29, 1.82) is 0 Å². The normalized spacial score (nSPS) is 14.4. The molecule has 0 saturated heterocycles. The van der Waals surface area contributed by atoms with Gasteiger partial charge in [0.2, 0.25) is 0 Å². The molecule has 2 atom stereocenters. The van der Waals surface area contributed by atoms with Crippen molar-refractivity contribution in [3.05, 3.63) is 24.3 Å². The topological polar surface area (TPSA) is 21.3 Å². The zero-order valence-electron chi connectivity index (χ0n) is 11.2. The van der Waals surface area contributed by atoms with Crippen molar-refractivity contribution < 1.29 is 4.74 Å². The summed E-state index contributed by atoms with van der Waals surface area (Å²) >= 11 is 1.88. The number of para-hydroxylation sites is 1. The van der Waals surface area contributed by atoms with Gasteiger partial charge in [-0.25, -0.2) is 0 Å². The highest BCUT2D eigenvalue weighted by Gasteiger charge is 2.16. The van der Waals surface area contributed by atoms with Crippen LogP contribution in [0.15, 0.2) is 29.2 Å². The van der Waals surface area contributed by atoms with Gasteiger partial charge in [-0.15, -0.1) is 11.8 Å². The van der Waals surface area contributed by atoms with Gasteiger partial charge in [0.1, 0.15) is 5.75 Å². The summed E-state index contributed by atoms with van der Waals surface area (Å²) in [6.45, 7) is 7.68. The molecule has 0 aromatic heterocycles. The number of rotatable bonds is 7. The van der Waals surface area contributed by atoms with Crippen LogP contribution in [-0.4, -0.2) is 24.9 Å². The van der Waals surface area contributed by atoms with E-state index in [0.717, 1.165) is 18.7 Å². The Morgan fingerprint density at radius 2 is 2.00 bits per heavy atom. The monoisotopic (exact) mass is 253 g/mol. The summed E-state index contributed by atoms with van der Waals surface area (Å²) in [5.74, 6) is 0.968. The highest BCUT2D eigenvalue weighted by Crippen LogP contribution is 2.33. The third kappa shape index (κ3) is 4.25. The van der Waals surface area contributed by atoms with Crippen LogP contribution >= 0.6 is 11.8 Å². The van der Waals surface area contributed by atoms with E-state index in [9.17, 15) is 0 Å². The van der Waals surface area contributed by atoms with Gasteiger partial charge in [0, 0.05) is 16.2 Å². The molecule has 2 nitrogen and oxygen atoms in total. The molecule has 0 heterocycles. The molecule has 2 unspecified atom stereocenters. The molecule has 0 bridgehead atoms. The second kappa shape index (κ2) is 7.62. The third-order valence-electron chi connectivity index (χ3n) is 2.85. The first-order valence-electron chi connectivity index (χ1n) is 6.25. The van der Waals surface area contributed by atoms with Crippen LogP contribution in [0.3, 0.4) is 0 Å². The number of nitrogens with one attached hydrogen (secondary N) is 1. The number of hydrogen-bond donors (Lipinski definition) is 1. The summed E-state index contributed by atoms with van der Waals surface area (Å²) in [6, 6.07) is 8.76. The van der Waals surface area contributed by atoms with Gasteiger partial charge in [-0.1, -0.05) is 32.9 Å². The predicted molar refractivity (Wildman–Crippen MR) is 76.1 cm³/mol. The van der Waals surface area contributed by atoms with Crippen LogP contribution in [0, 0.1) is 0 Å². The van der Waals surface area contributed by atoms with Crippen molar-refractivity contribution in [2.24, 2.45) is 0 Å². The van der Waals surface area contributed by atoms with E-state index >= 15 is 0 Å². The molecule has 1 N–H and O–H groups in total. The highest BCUT2D eigenvalue weighted by atomic mass is 32.2. The molecular weight excluding hydrogens is 230 g/mol. The number of benzene rings is 1. The van der Waals surface area contributed by atoms with E-state index in [1.165, 1.54) is 4.90 Å². The van der Waals surface area contributed by atoms with Crippen LogP contribution in [0.1, 0.15) is 27.2 Å². The van der Waals surface area contributed by atoms with Gasteiger partial charge in [0.15, 0.2) is 0 Å². The SMILES string of the molecule is CCNC(CC)C(C)Sc1ccccc1OC. The van der Waals surface area contributed by atoms with Gasteiger partial charge in [0.05, 0.1) is 7.11 Å². The van der Waals surface area contributed by atoms with E-state index in [1.807, 2.05) is 23.9 Å². The van der Waals surface area contributed by atoms with Crippen LogP contribution in [0.2, 0.25) is 0 Å². The van der Waals surface area contributed by atoms with Crippen molar-refractivity contribution in [1.82, 2.24) is 5.32 Å². The van der Waals surface area contributed by atoms with Crippen molar-refractivity contribution in [2.75, 3.05) is 13.7 Å². The van der Waals surface area contributed by atoms with Crippen molar-refractivity contribution in [3.8, 4) is 5.75 Å². The van der Waals surface area contributed by atoms with Crippen molar-refractivity contribution in [2.45, 2.75) is 43.4 Å². The van der Waals surface area contributed by atoms with E-state index in [4.69, 9.17) is 4.74 Å². The number of ether oxygens (including phenoxy) is 1. The van der Waals surface area contributed by atoms with Gasteiger partial charge in [-0.05, 0) is 25.1 Å². The van der Waals surface area contributed by atoms with Crippen molar-refractivity contribution in [3.63, 3.8) is 0 Å². The zero-order valence-corrected chi connectivity index (χ0v) is 12.0. The molecule has 1 aromatic carbocycles. The van der Waals surface area contributed by atoms with Gasteiger partial charge >= 0.3 is 0 Å². The number of thioether (sulfide) groups is 1. The average molecular weight is 253 g/mol. The van der Waals surface area contributed by atoms with Crippen molar-refractivity contribution >= 4 is 11.8 Å². The summed E-state index contributed by atoms with van der Waals surface area (Å²) in [5, 5.41) is 4.07. The van der Waals surface area contributed by atoms with E-state index < -0.39 is 0 Å². The van der Waals surface area contributed by atoms with Crippen LogP contribution in [0.4, 0.5) is 0 Å². The first-order valence-corrected chi connectivity index (χ1v) is 7.13. The molecule has 1 rings (SSSR count). The third-order valence-corrected chi connectivity index (χ3v) is 4.15. The summed E-state index contributed by atoms with van der Waals surface area (Å²) in [7, 11) is 1.73. The molecule has 0 radical (unpaired) electrons. The molecule has 0 saturated carbocycles. The lowest BCUT2D eigenvalue weighted by molar-refractivity contribution is 0.404. The molecular formula is C14H23NOS. The minimum absolute atomic E-state index is 0.538. The summed E-state index contributed by atoms with van der Waals surface area (Å²) in [5.41, 5.74) is 0. The molecule has 0 fully saturated rings. The lowest BCUT2D eigenvalue weighted by Crippen LogP contribution is -2.35. The molecule has 0 aliphatic carbocycles. The molecule has 3 heteroatoms. The zero-order chi connectivity index (χ0) is 12.7. The van der Waals surface area contributed by atoms with E-state index in [1.54, 1.807) is 7.11 Å². The molecule has 1 aromatic rings. The molecule has 96 valence electrons. The largest absolute Gasteiger partial charge is 0.496 e. The maximum atomic E-state index is 5.38. The maximum absolute atomic E-state index is 5.38.